The minimum Gasteiger partial charge on any atom is -0.370 e. The minimum atomic E-state index is -3.26. The summed E-state index contributed by atoms with van der Waals surface area (Å²) in [4.78, 5) is 4.35. The molecule has 7 heteroatoms. The molecule has 0 spiro atoms. The molecule has 0 aliphatic heterocycles. The third-order valence-electron chi connectivity index (χ3n) is 2.67. The topological polar surface area (TPSA) is 84.5 Å². The van der Waals surface area contributed by atoms with Gasteiger partial charge in [0.1, 0.15) is 0 Å². The molecule has 0 aromatic heterocycles. The van der Waals surface area contributed by atoms with Crippen LogP contribution in [0.25, 0.3) is 0 Å². The molecule has 1 saturated carbocycles. The van der Waals surface area contributed by atoms with E-state index >= 15 is 0 Å². The van der Waals surface area contributed by atoms with Gasteiger partial charge < -0.3 is 11.1 Å². The normalized spacial score (nSPS) is 15.7. The van der Waals surface area contributed by atoms with Crippen molar-refractivity contribution < 1.29 is 8.42 Å². The van der Waals surface area contributed by atoms with Gasteiger partial charge in [-0.3, -0.25) is 4.99 Å². The first-order chi connectivity index (χ1) is 8.58. The SMILES string of the molecule is I.NC(=NCCS(=O)(=O)c1ccccc1)NC1CC1. The van der Waals surface area contributed by atoms with Crippen molar-refractivity contribution in [2.75, 3.05) is 12.3 Å². The first-order valence-corrected chi connectivity index (χ1v) is 7.57. The molecule has 1 fully saturated rings. The first-order valence-electron chi connectivity index (χ1n) is 5.92. The lowest BCUT2D eigenvalue weighted by molar-refractivity contribution is 0.596. The Morgan fingerprint density at radius 2 is 1.95 bits per heavy atom. The number of nitrogens with one attached hydrogen (secondary N) is 1. The van der Waals surface area contributed by atoms with Crippen molar-refractivity contribution >= 4 is 39.8 Å². The van der Waals surface area contributed by atoms with Crippen molar-refractivity contribution in [1.29, 1.82) is 0 Å². The summed E-state index contributed by atoms with van der Waals surface area (Å²) in [7, 11) is -3.26. The molecular weight excluding hydrogens is 377 g/mol. The quantitative estimate of drug-likeness (QED) is 0.445. The summed E-state index contributed by atoms with van der Waals surface area (Å²) in [6, 6.07) is 8.81. The van der Waals surface area contributed by atoms with Crippen molar-refractivity contribution in [2.45, 2.75) is 23.8 Å². The van der Waals surface area contributed by atoms with Crippen LogP contribution in [0.1, 0.15) is 12.8 Å². The van der Waals surface area contributed by atoms with Gasteiger partial charge in [-0.25, -0.2) is 8.42 Å². The van der Waals surface area contributed by atoms with Gasteiger partial charge in [-0.1, -0.05) is 18.2 Å². The third kappa shape index (κ3) is 5.35. The number of aliphatic imine (C=N–C) groups is 1. The molecule has 0 amide bonds. The molecule has 5 nitrogen and oxygen atoms in total. The third-order valence-corrected chi connectivity index (χ3v) is 4.38. The molecule has 0 heterocycles. The molecule has 0 bridgehead atoms. The van der Waals surface area contributed by atoms with Crippen LogP contribution in [0, 0.1) is 0 Å². The standard InChI is InChI=1S/C12H17N3O2S.HI/c13-12(15-10-6-7-10)14-8-9-18(16,17)11-4-2-1-3-5-11;/h1-5,10H,6-9H2,(H3,13,14,15);1H. The average Bonchev–Trinajstić information content (AvgIpc) is 3.14. The number of benzene rings is 1. The first kappa shape index (κ1) is 16.2. The van der Waals surface area contributed by atoms with E-state index in [9.17, 15) is 8.42 Å². The molecular formula is C12H18IN3O2S. The Hall–Kier alpha value is -0.830. The number of sulfone groups is 1. The van der Waals surface area contributed by atoms with Crippen LogP contribution in [0.5, 0.6) is 0 Å². The summed E-state index contributed by atoms with van der Waals surface area (Å²) in [6.45, 7) is 0.183. The van der Waals surface area contributed by atoms with Crippen molar-refractivity contribution in [2.24, 2.45) is 10.7 Å². The van der Waals surface area contributed by atoms with Crippen molar-refractivity contribution in [3.63, 3.8) is 0 Å². The molecule has 1 aromatic rings. The molecule has 0 saturated heterocycles. The zero-order valence-electron chi connectivity index (χ0n) is 10.5. The lowest BCUT2D eigenvalue weighted by atomic mass is 10.4. The summed E-state index contributed by atoms with van der Waals surface area (Å²) in [5.74, 6) is 0.310. The second-order valence-electron chi connectivity index (χ2n) is 4.32. The van der Waals surface area contributed by atoms with Crippen LogP contribution in [-0.2, 0) is 9.84 Å². The van der Waals surface area contributed by atoms with E-state index in [1.807, 2.05) is 0 Å². The molecule has 1 aliphatic rings. The van der Waals surface area contributed by atoms with E-state index < -0.39 is 9.84 Å². The van der Waals surface area contributed by atoms with E-state index in [1.54, 1.807) is 30.3 Å². The van der Waals surface area contributed by atoms with Crippen LogP contribution >= 0.6 is 24.0 Å². The number of nitrogens with zero attached hydrogens (tertiary/aromatic N) is 1. The zero-order valence-corrected chi connectivity index (χ0v) is 13.6. The monoisotopic (exact) mass is 395 g/mol. The van der Waals surface area contributed by atoms with E-state index in [0.717, 1.165) is 12.8 Å². The summed E-state index contributed by atoms with van der Waals surface area (Å²) in [5.41, 5.74) is 5.63. The van der Waals surface area contributed by atoms with Crippen molar-refractivity contribution in [3.8, 4) is 0 Å². The lowest BCUT2D eigenvalue weighted by Crippen LogP contribution is -2.33. The largest absolute Gasteiger partial charge is 0.370 e. The van der Waals surface area contributed by atoms with Crippen molar-refractivity contribution in [3.05, 3.63) is 30.3 Å². The van der Waals surface area contributed by atoms with E-state index in [2.05, 4.69) is 10.3 Å². The molecule has 2 rings (SSSR count). The smallest absolute Gasteiger partial charge is 0.188 e. The fraction of sp³-hybridized carbons (Fsp3) is 0.417. The van der Waals surface area contributed by atoms with Crippen LogP contribution in [0.3, 0.4) is 0 Å². The maximum atomic E-state index is 11.9. The Labute approximate surface area is 130 Å². The van der Waals surface area contributed by atoms with Crippen LogP contribution in [-0.4, -0.2) is 32.7 Å². The van der Waals surface area contributed by atoms with E-state index in [0.29, 0.717) is 16.9 Å². The Kier molecular flexibility index (Phi) is 6.05. The maximum Gasteiger partial charge on any atom is 0.188 e. The Bertz CT molecular complexity index is 527. The fourth-order valence-electron chi connectivity index (χ4n) is 1.51. The van der Waals surface area contributed by atoms with Crippen LogP contribution in [0.4, 0.5) is 0 Å². The predicted octanol–water partition coefficient (Wildman–Crippen LogP) is 1.15. The van der Waals surface area contributed by atoms with Crippen molar-refractivity contribution in [1.82, 2.24) is 5.32 Å². The summed E-state index contributed by atoms with van der Waals surface area (Å²) < 4.78 is 23.8. The second kappa shape index (κ2) is 7.09. The van der Waals surface area contributed by atoms with E-state index in [4.69, 9.17) is 5.73 Å². The summed E-state index contributed by atoms with van der Waals surface area (Å²) >= 11 is 0. The number of hydrogen-bond acceptors (Lipinski definition) is 3. The van der Waals surface area contributed by atoms with Gasteiger partial charge in [0.05, 0.1) is 17.2 Å². The lowest BCUT2D eigenvalue weighted by Gasteiger charge is -2.04. The predicted molar refractivity (Wildman–Crippen MR) is 86.6 cm³/mol. The number of hydrogen-bond donors (Lipinski definition) is 2. The van der Waals surface area contributed by atoms with Gasteiger partial charge in [0.2, 0.25) is 0 Å². The minimum absolute atomic E-state index is 0. The Morgan fingerprint density at radius 3 is 2.53 bits per heavy atom. The molecule has 0 atom stereocenters. The number of nitrogens with two attached hydrogens (primary N) is 1. The van der Waals surface area contributed by atoms with Crippen LogP contribution in [0.15, 0.2) is 40.2 Å². The number of rotatable bonds is 5. The van der Waals surface area contributed by atoms with Gasteiger partial charge in [-0.2, -0.15) is 0 Å². The molecule has 3 N–H and O–H groups in total. The number of halogens is 1. The van der Waals surface area contributed by atoms with Gasteiger partial charge >= 0.3 is 0 Å². The van der Waals surface area contributed by atoms with E-state index in [1.165, 1.54) is 0 Å². The van der Waals surface area contributed by atoms with Gasteiger partial charge in [0.15, 0.2) is 15.8 Å². The zero-order chi connectivity index (χ0) is 13.0. The Balaban J connectivity index is 0.00000180. The maximum absolute atomic E-state index is 11.9. The highest BCUT2D eigenvalue weighted by atomic mass is 127. The molecule has 106 valence electrons. The number of guanidine groups is 1. The van der Waals surface area contributed by atoms with Gasteiger partial charge in [-0.05, 0) is 25.0 Å². The fourth-order valence-corrected chi connectivity index (χ4v) is 2.65. The average molecular weight is 395 g/mol. The van der Waals surface area contributed by atoms with Crippen LogP contribution < -0.4 is 11.1 Å². The van der Waals surface area contributed by atoms with Gasteiger partial charge in [0, 0.05) is 6.04 Å². The highest BCUT2D eigenvalue weighted by molar-refractivity contribution is 14.0. The summed E-state index contributed by atoms with van der Waals surface area (Å²) in [6.07, 6.45) is 2.22. The van der Waals surface area contributed by atoms with Gasteiger partial charge in [-0.15, -0.1) is 24.0 Å². The van der Waals surface area contributed by atoms with E-state index in [-0.39, 0.29) is 36.3 Å². The van der Waals surface area contributed by atoms with Gasteiger partial charge in [0.25, 0.3) is 0 Å². The molecule has 0 radical (unpaired) electrons. The van der Waals surface area contributed by atoms with Crippen LogP contribution in [0.2, 0.25) is 0 Å². The highest BCUT2D eigenvalue weighted by Crippen LogP contribution is 2.18. The molecule has 1 aliphatic carbocycles. The molecule has 1 aromatic carbocycles. The Morgan fingerprint density at radius 1 is 1.32 bits per heavy atom. The molecule has 0 unspecified atom stereocenters. The summed E-state index contributed by atoms with van der Waals surface area (Å²) in [5, 5.41) is 3.01. The highest BCUT2D eigenvalue weighted by Gasteiger charge is 2.21. The second-order valence-corrected chi connectivity index (χ2v) is 6.43. The molecule has 19 heavy (non-hydrogen) atoms.